The van der Waals surface area contributed by atoms with Gasteiger partial charge < -0.3 is 10.1 Å². The number of nitrogens with one attached hydrogen (secondary N) is 2. The largest absolute Gasteiger partial charge is 0.475 e. The van der Waals surface area contributed by atoms with Crippen molar-refractivity contribution in [1.29, 1.82) is 0 Å². The number of rotatable bonds is 5. The Balaban J connectivity index is 1.98. The van der Waals surface area contributed by atoms with Crippen LogP contribution in [0.1, 0.15) is 13.8 Å². The average Bonchev–Trinajstić information content (AvgIpc) is 2.91. The van der Waals surface area contributed by atoms with Crippen molar-refractivity contribution in [3.8, 4) is 17.1 Å². The van der Waals surface area contributed by atoms with Crippen molar-refractivity contribution < 1.29 is 9.53 Å². The monoisotopic (exact) mass is 296 g/mol. The number of amides is 1. The van der Waals surface area contributed by atoms with E-state index in [0.717, 1.165) is 27.8 Å². The minimum Gasteiger partial charge on any atom is -0.475 e. The Labute approximate surface area is 127 Å². The minimum atomic E-state index is 0.0848. The number of anilines is 1. The van der Waals surface area contributed by atoms with Crippen molar-refractivity contribution in [2.45, 2.75) is 20.0 Å². The highest BCUT2D eigenvalue weighted by Gasteiger charge is 2.10. The highest BCUT2D eigenvalue weighted by atomic mass is 16.5. The van der Waals surface area contributed by atoms with Crippen molar-refractivity contribution in [2.24, 2.45) is 0 Å². The molecule has 2 N–H and O–H groups in total. The molecule has 3 aromatic rings. The number of fused-ring (bicyclic) bond motifs is 1. The molecule has 0 radical (unpaired) electrons. The zero-order valence-corrected chi connectivity index (χ0v) is 12.3. The summed E-state index contributed by atoms with van der Waals surface area (Å²) in [5, 5.41) is 10.9. The molecule has 2 heterocycles. The van der Waals surface area contributed by atoms with E-state index in [4.69, 9.17) is 4.74 Å². The van der Waals surface area contributed by atoms with Crippen LogP contribution in [-0.2, 0) is 4.79 Å². The van der Waals surface area contributed by atoms with Crippen LogP contribution in [0.4, 0.5) is 5.69 Å². The number of hydrogen-bond acceptors (Lipinski definition) is 4. The molecule has 2 aromatic heterocycles. The van der Waals surface area contributed by atoms with Crippen LogP contribution in [0.25, 0.3) is 22.2 Å². The van der Waals surface area contributed by atoms with Crippen LogP contribution in [0.3, 0.4) is 0 Å². The first-order valence-electron chi connectivity index (χ1n) is 6.99. The molecule has 0 saturated carbocycles. The van der Waals surface area contributed by atoms with Crippen LogP contribution in [-0.4, -0.2) is 27.7 Å². The first kappa shape index (κ1) is 14.1. The molecule has 112 valence electrons. The van der Waals surface area contributed by atoms with Crippen LogP contribution in [0.15, 0.2) is 36.5 Å². The number of carbonyl (C=O) groups is 1. The Morgan fingerprint density at radius 2 is 2.14 bits per heavy atom. The van der Waals surface area contributed by atoms with E-state index in [2.05, 4.69) is 20.5 Å². The molecule has 1 amide bonds. The van der Waals surface area contributed by atoms with Crippen molar-refractivity contribution >= 4 is 23.0 Å². The average molecular weight is 296 g/mol. The lowest BCUT2D eigenvalue weighted by atomic mass is 10.1. The van der Waals surface area contributed by atoms with E-state index in [1.165, 1.54) is 0 Å². The standard InChI is InChI=1S/C16H16N4O2/c1-10(2)22-15-6-3-11(8-17-15)16-13-7-12(18-9-21)4-5-14(13)19-20-16/h3-10H,1-2H3,(H,18,21)(H,19,20). The zero-order valence-electron chi connectivity index (χ0n) is 12.3. The maximum absolute atomic E-state index is 10.6. The van der Waals surface area contributed by atoms with Crippen LogP contribution in [0.5, 0.6) is 5.88 Å². The molecule has 6 nitrogen and oxygen atoms in total. The number of aromatic nitrogens is 3. The number of H-pyrrole nitrogens is 1. The van der Waals surface area contributed by atoms with Gasteiger partial charge in [0.2, 0.25) is 12.3 Å². The van der Waals surface area contributed by atoms with Gasteiger partial charge in [-0.15, -0.1) is 0 Å². The molecular formula is C16H16N4O2. The zero-order chi connectivity index (χ0) is 15.5. The second kappa shape index (κ2) is 5.85. The Bertz CT molecular complexity index is 794. The summed E-state index contributed by atoms with van der Waals surface area (Å²) in [6, 6.07) is 9.31. The molecule has 0 aliphatic heterocycles. The van der Waals surface area contributed by atoms with E-state index in [1.807, 2.05) is 44.2 Å². The van der Waals surface area contributed by atoms with Crippen molar-refractivity contribution in [2.75, 3.05) is 5.32 Å². The Kier molecular flexibility index (Phi) is 3.74. The third-order valence-corrected chi connectivity index (χ3v) is 3.15. The lowest BCUT2D eigenvalue weighted by Crippen LogP contribution is -2.06. The number of aromatic amines is 1. The summed E-state index contributed by atoms with van der Waals surface area (Å²) >= 11 is 0. The molecule has 0 saturated heterocycles. The third kappa shape index (κ3) is 2.76. The number of hydrogen-bond donors (Lipinski definition) is 2. The Hall–Kier alpha value is -2.89. The van der Waals surface area contributed by atoms with Crippen molar-refractivity contribution in [1.82, 2.24) is 15.2 Å². The first-order valence-corrected chi connectivity index (χ1v) is 6.99. The number of ether oxygens (including phenoxy) is 1. The summed E-state index contributed by atoms with van der Waals surface area (Å²) in [5.41, 5.74) is 3.28. The van der Waals surface area contributed by atoms with E-state index in [1.54, 1.807) is 6.20 Å². The second-order valence-corrected chi connectivity index (χ2v) is 5.15. The van der Waals surface area contributed by atoms with Gasteiger partial charge in [0.1, 0.15) is 5.69 Å². The second-order valence-electron chi connectivity index (χ2n) is 5.15. The fourth-order valence-electron chi connectivity index (χ4n) is 2.22. The van der Waals surface area contributed by atoms with Gasteiger partial charge >= 0.3 is 0 Å². The predicted molar refractivity (Wildman–Crippen MR) is 84.8 cm³/mol. The van der Waals surface area contributed by atoms with Crippen LogP contribution in [0, 0.1) is 0 Å². The fraction of sp³-hybridized carbons (Fsp3) is 0.188. The van der Waals surface area contributed by atoms with Gasteiger partial charge in [-0.25, -0.2) is 4.98 Å². The smallest absolute Gasteiger partial charge is 0.213 e. The minimum absolute atomic E-state index is 0.0848. The highest BCUT2D eigenvalue weighted by Crippen LogP contribution is 2.28. The van der Waals surface area contributed by atoms with Crippen molar-refractivity contribution in [3.05, 3.63) is 36.5 Å². The maximum Gasteiger partial charge on any atom is 0.213 e. The van der Waals surface area contributed by atoms with Crippen LogP contribution >= 0.6 is 0 Å². The summed E-state index contributed by atoms with van der Waals surface area (Å²) < 4.78 is 5.54. The molecule has 0 aliphatic carbocycles. The Morgan fingerprint density at radius 3 is 2.82 bits per heavy atom. The molecule has 0 unspecified atom stereocenters. The number of pyridine rings is 1. The molecular weight excluding hydrogens is 280 g/mol. The molecule has 22 heavy (non-hydrogen) atoms. The number of carbonyl (C=O) groups excluding carboxylic acids is 1. The first-order chi connectivity index (χ1) is 10.7. The normalized spacial score (nSPS) is 10.9. The summed E-state index contributed by atoms with van der Waals surface area (Å²) in [4.78, 5) is 14.9. The van der Waals surface area contributed by atoms with Gasteiger partial charge in [0, 0.05) is 28.9 Å². The molecule has 0 aliphatic rings. The van der Waals surface area contributed by atoms with E-state index in [0.29, 0.717) is 12.3 Å². The van der Waals surface area contributed by atoms with Crippen LogP contribution < -0.4 is 10.1 Å². The van der Waals surface area contributed by atoms with E-state index in [-0.39, 0.29) is 6.10 Å². The molecule has 1 aromatic carbocycles. The number of benzene rings is 1. The lowest BCUT2D eigenvalue weighted by molar-refractivity contribution is -0.105. The lowest BCUT2D eigenvalue weighted by Gasteiger charge is -2.08. The molecule has 3 rings (SSSR count). The quantitative estimate of drug-likeness (QED) is 0.709. The van der Waals surface area contributed by atoms with Gasteiger partial charge in [0.25, 0.3) is 0 Å². The summed E-state index contributed by atoms with van der Waals surface area (Å²) in [7, 11) is 0. The van der Waals surface area contributed by atoms with Gasteiger partial charge in [0.15, 0.2) is 0 Å². The van der Waals surface area contributed by atoms with Crippen LogP contribution in [0.2, 0.25) is 0 Å². The SMILES string of the molecule is CC(C)Oc1ccc(-c2n[nH]c3ccc(NC=O)cc23)cn1. The van der Waals surface area contributed by atoms with E-state index < -0.39 is 0 Å². The fourth-order valence-corrected chi connectivity index (χ4v) is 2.22. The molecule has 0 fully saturated rings. The molecule has 0 spiro atoms. The van der Waals surface area contributed by atoms with Gasteiger partial charge in [-0.05, 0) is 38.1 Å². The van der Waals surface area contributed by atoms with E-state index in [9.17, 15) is 4.79 Å². The summed E-state index contributed by atoms with van der Waals surface area (Å²) in [5.74, 6) is 0.585. The maximum atomic E-state index is 10.6. The summed E-state index contributed by atoms with van der Waals surface area (Å²) in [6.45, 7) is 3.91. The van der Waals surface area contributed by atoms with Crippen molar-refractivity contribution in [3.63, 3.8) is 0 Å². The third-order valence-electron chi connectivity index (χ3n) is 3.15. The van der Waals surface area contributed by atoms with E-state index >= 15 is 0 Å². The Morgan fingerprint density at radius 1 is 1.27 bits per heavy atom. The molecule has 0 bridgehead atoms. The molecule has 6 heteroatoms. The van der Waals surface area contributed by atoms with Gasteiger partial charge in [-0.1, -0.05) is 0 Å². The highest BCUT2D eigenvalue weighted by molar-refractivity contribution is 5.95. The van der Waals surface area contributed by atoms with Gasteiger partial charge in [0.05, 0.1) is 11.6 Å². The molecule has 0 atom stereocenters. The van der Waals surface area contributed by atoms with Gasteiger partial charge in [-0.3, -0.25) is 9.89 Å². The number of nitrogens with zero attached hydrogens (tertiary/aromatic N) is 2. The predicted octanol–water partition coefficient (Wildman–Crippen LogP) is 2.98. The topological polar surface area (TPSA) is 79.9 Å². The van der Waals surface area contributed by atoms with Gasteiger partial charge in [-0.2, -0.15) is 5.10 Å². The summed E-state index contributed by atoms with van der Waals surface area (Å²) in [6.07, 6.45) is 2.47.